The molecular formula is C23H19N3O5. The Kier molecular flexibility index (Phi) is 5.12. The van der Waals surface area contributed by atoms with Gasteiger partial charge in [0.15, 0.2) is 0 Å². The number of anilines is 2. The Bertz CT molecular complexity index is 1210. The molecule has 8 heteroatoms. The Morgan fingerprint density at radius 3 is 2.42 bits per heavy atom. The summed E-state index contributed by atoms with van der Waals surface area (Å²) in [6, 6.07) is 13.0. The maximum atomic E-state index is 12.8. The van der Waals surface area contributed by atoms with Crippen LogP contribution in [0.5, 0.6) is 0 Å². The average molecular weight is 417 g/mol. The number of amides is 4. The molecule has 0 fully saturated rings. The number of fused-ring (bicyclic) bond motifs is 1. The predicted molar refractivity (Wildman–Crippen MR) is 113 cm³/mol. The number of hydrogen-bond donors (Lipinski definition) is 2. The molecular weight excluding hydrogens is 398 g/mol. The van der Waals surface area contributed by atoms with E-state index in [9.17, 15) is 19.2 Å². The second kappa shape index (κ2) is 7.91. The third-order valence-electron chi connectivity index (χ3n) is 4.86. The van der Waals surface area contributed by atoms with Gasteiger partial charge in [0.1, 0.15) is 5.76 Å². The Morgan fingerprint density at radius 1 is 0.935 bits per heavy atom. The molecule has 0 atom stereocenters. The number of rotatable bonds is 5. The maximum Gasteiger partial charge on any atom is 0.261 e. The van der Waals surface area contributed by atoms with Gasteiger partial charge in [-0.05, 0) is 55.0 Å². The SMILES string of the molecule is CC(=O)Nc1ccc(C)cc1NC(=O)c1ccc2c(c1)C(=O)N(Cc1ccco1)C2=O. The van der Waals surface area contributed by atoms with Crippen molar-refractivity contribution in [3.05, 3.63) is 82.8 Å². The number of hydrogen-bond acceptors (Lipinski definition) is 5. The van der Waals surface area contributed by atoms with Crippen LogP contribution in [-0.4, -0.2) is 28.5 Å². The van der Waals surface area contributed by atoms with Crippen molar-refractivity contribution in [1.29, 1.82) is 0 Å². The van der Waals surface area contributed by atoms with Crippen LogP contribution in [0.1, 0.15) is 49.3 Å². The molecule has 2 aromatic carbocycles. The van der Waals surface area contributed by atoms with E-state index in [1.165, 1.54) is 31.4 Å². The molecule has 0 spiro atoms. The molecule has 0 unspecified atom stereocenters. The van der Waals surface area contributed by atoms with Gasteiger partial charge in [0, 0.05) is 12.5 Å². The number of furan rings is 1. The second-order valence-corrected chi connectivity index (χ2v) is 7.22. The lowest BCUT2D eigenvalue weighted by atomic mass is 10.0. The van der Waals surface area contributed by atoms with E-state index in [4.69, 9.17) is 4.42 Å². The third kappa shape index (κ3) is 3.95. The standard InChI is InChI=1S/C23H19N3O5/c1-13-5-8-19(24-14(2)27)20(10-13)25-21(28)15-6-7-17-18(11-15)23(30)26(22(17)29)12-16-4-3-9-31-16/h3-11H,12H2,1-2H3,(H,24,27)(H,25,28). The quantitative estimate of drug-likeness (QED) is 0.617. The van der Waals surface area contributed by atoms with Gasteiger partial charge in [0.2, 0.25) is 5.91 Å². The molecule has 2 N–H and O–H groups in total. The number of carbonyl (C=O) groups is 4. The number of imide groups is 1. The van der Waals surface area contributed by atoms with Crippen LogP contribution in [0.25, 0.3) is 0 Å². The highest BCUT2D eigenvalue weighted by atomic mass is 16.3. The fourth-order valence-electron chi connectivity index (χ4n) is 3.39. The highest BCUT2D eigenvalue weighted by Crippen LogP contribution is 2.27. The summed E-state index contributed by atoms with van der Waals surface area (Å²) in [5, 5.41) is 5.43. The van der Waals surface area contributed by atoms with Gasteiger partial charge in [0.25, 0.3) is 17.7 Å². The molecule has 3 aromatic rings. The molecule has 1 aliphatic heterocycles. The van der Waals surface area contributed by atoms with Crippen molar-refractivity contribution >= 4 is 35.0 Å². The van der Waals surface area contributed by atoms with Gasteiger partial charge >= 0.3 is 0 Å². The molecule has 1 aliphatic rings. The first-order valence-corrected chi connectivity index (χ1v) is 9.55. The van der Waals surface area contributed by atoms with Gasteiger partial charge in [-0.1, -0.05) is 6.07 Å². The van der Waals surface area contributed by atoms with Crippen molar-refractivity contribution in [1.82, 2.24) is 4.90 Å². The van der Waals surface area contributed by atoms with E-state index < -0.39 is 17.7 Å². The number of aryl methyl sites for hydroxylation is 1. The molecule has 0 saturated carbocycles. The third-order valence-corrected chi connectivity index (χ3v) is 4.86. The van der Waals surface area contributed by atoms with Crippen molar-refractivity contribution in [2.45, 2.75) is 20.4 Å². The first-order valence-electron chi connectivity index (χ1n) is 9.55. The molecule has 0 saturated heterocycles. The predicted octanol–water partition coefficient (Wildman–Crippen LogP) is 3.59. The van der Waals surface area contributed by atoms with Crippen LogP contribution < -0.4 is 10.6 Å². The highest BCUT2D eigenvalue weighted by molar-refractivity contribution is 6.22. The van der Waals surface area contributed by atoms with Crippen LogP contribution in [0.3, 0.4) is 0 Å². The minimum absolute atomic E-state index is 0.0181. The summed E-state index contributed by atoms with van der Waals surface area (Å²) >= 11 is 0. The lowest BCUT2D eigenvalue weighted by molar-refractivity contribution is -0.114. The highest BCUT2D eigenvalue weighted by Gasteiger charge is 2.36. The second-order valence-electron chi connectivity index (χ2n) is 7.22. The Balaban J connectivity index is 1.58. The summed E-state index contributed by atoms with van der Waals surface area (Å²) in [4.78, 5) is 50.7. The van der Waals surface area contributed by atoms with E-state index in [0.717, 1.165) is 10.5 Å². The molecule has 31 heavy (non-hydrogen) atoms. The number of nitrogens with one attached hydrogen (secondary N) is 2. The van der Waals surface area contributed by atoms with Gasteiger partial charge in [-0.2, -0.15) is 0 Å². The summed E-state index contributed by atoms with van der Waals surface area (Å²) in [6.45, 7) is 3.26. The molecule has 2 heterocycles. The molecule has 4 amide bonds. The number of benzene rings is 2. The zero-order valence-electron chi connectivity index (χ0n) is 16.9. The summed E-state index contributed by atoms with van der Waals surface area (Å²) < 4.78 is 5.23. The van der Waals surface area contributed by atoms with Crippen LogP contribution in [0.15, 0.2) is 59.2 Å². The smallest absolute Gasteiger partial charge is 0.261 e. The molecule has 156 valence electrons. The summed E-state index contributed by atoms with van der Waals surface area (Å²) in [5.74, 6) is -1.17. The van der Waals surface area contributed by atoms with Gasteiger partial charge in [0.05, 0.1) is 35.3 Å². The van der Waals surface area contributed by atoms with Crippen molar-refractivity contribution in [3.8, 4) is 0 Å². The topological polar surface area (TPSA) is 109 Å². The minimum atomic E-state index is -0.486. The Morgan fingerprint density at radius 2 is 1.71 bits per heavy atom. The summed E-state index contributed by atoms with van der Waals surface area (Å²) in [7, 11) is 0. The molecule has 0 bridgehead atoms. The molecule has 1 aromatic heterocycles. The summed E-state index contributed by atoms with van der Waals surface area (Å²) in [5.41, 5.74) is 2.41. The molecule has 4 rings (SSSR count). The van der Waals surface area contributed by atoms with E-state index in [0.29, 0.717) is 17.1 Å². The van der Waals surface area contributed by atoms with E-state index in [-0.39, 0.29) is 29.1 Å². The van der Waals surface area contributed by atoms with Crippen molar-refractivity contribution < 1.29 is 23.6 Å². The van der Waals surface area contributed by atoms with Crippen LogP contribution >= 0.6 is 0 Å². The minimum Gasteiger partial charge on any atom is -0.467 e. The fourth-order valence-corrected chi connectivity index (χ4v) is 3.39. The van der Waals surface area contributed by atoms with Gasteiger partial charge in [-0.15, -0.1) is 0 Å². The van der Waals surface area contributed by atoms with E-state index >= 15 is 0 Å². The van der Waals surface area contributed by atoms with E-state index in [1.54, 1.807) is 24.3 Å². The monoisotopic (exact) mass is 417 g/mol. The lowest BCUT2D eigenvalue weighted by Crippen LogP contribution is -2.28. The summed E-state index contributed by atoms with van der Waals surface area (Å²) in [6.07, 6.45) is 1.47. The first-order chi connectivity index (χ1) is 14.8. The van der Waals surface area contributed by atoms with Crippen LogP contribution in [0, 0.1) is 6.92 Å². The van der Waals surface area contributed by atoms with E-state index in [2.05, 4.69) is 10.6 Å². The van der Waals surface area contributed by atoms with Crippen LogP contribution in [0.2, 0.25) is 0 Å². The molecule has 0 aliphatic carbocycles. The maximum absolute atomic E-state index is 12.8. The van der Waals surface area contributed by atoms with Crippen molar-refractivity contribution in [2.75, 3.05) is 10.6 Å². The average Bonchev–Trinajstić information content (AvgIpc) is 3.32. The number of carbonyl (C=O) groups excluding carboxylic acids is 4. The first kappa shape index (κ1) is 20.1. The van der Waals surface area contributed by atoms with Gasteiger partial charge in [-0.3, -0.25) is 24.1 Å². The van der Waals surface area contributed by atoms with Gasteiger partial charge < -0.3 is 15.1 Å². The normalized spacial score (nSPS) is 12.6. The lowest BCUT2D eigenvalue weighted by Gasteiger charge is -2.13. The van der Waals surface area contributed by atoms with Crippen molar-refractivity contribution in [2.24, 2.45) is 0 Å². The largest absolute Gasteiger partial charge is 0.467 e. The molecule has 8 nitrogen and oxygen atoms in total. The zero-order valence-corrected chi connectivity index (χ0v) is 16.9. The van der Waals surface area contributed by atoms with Crippen LogP contribution in [-0.2, 0) is 11.3 Å². The zero-order chi connectivity index (χ0) is 22.1. The molecule has 0 radical (unpaired) electrons. The van der Waals surface area contributed by atoms with Crippen LogP contribution in [0.4, 0.5) is 11.4 Å². The fraction of sp³-hybridized carbons (Fsp3) is 0.130. The Hall–Kier alpha value is -4.20. The van der Waals surface area contributed by atoms with Crippen molar-refractivity contribution in [3.63, 3.8) is 0 Å². The number of nitrogens with zero attached hydrogens (tertiary/aromatic N) is 1. The Labute approximate surface area is 177 Å². The van der Waals surface area contributed by atoms with E-state index in [1.807, 2.05) is 13.0 Å². The van der Waals surface area contributed by atoms with Gasteiger partial charge in [-0.25, -0.2) is 0 Å².